The van der Waals surface area contributed by atoms with Gasteiger partial charge in [-0.3, -0.25) is 0 Å². The summed E-state index contributed by atoms with van der Waals surface area (Å²) in [5.74, 6) is 0. The van der Waals surface area contributed by atoms with Crippen molar-refractivity contribution in [3.05, 3.63) is 215 Å². The molecule has 340 valence electrons. The van der Waals surface area contributed by atoms with Gasteiger partial charge in [0.15, 0.2) is 0 Å². The summed E-state index contributed by atoms with van der Waals surface area (Å²) >= 11 is 0. The van der Waals surface area contributed by atoms with Crippen molar-refractivity contribution in [2.45, 2.75) is 107 Å². The van der Waals surface area contributed by atoms with Crippen molar-refractivity contribution in [1.29, 1.82) is 0 Å². The maximum atomic E-state index is 12.4. The van der Waals surface area contributed by atoms with E-state index in [1.807, 2.05) is 182 Å². The molecular weight excluding hydrogens is 821 g/mol. The zero-order chi connectivity index (χ0) is 44.5. The molecule has 0 amide bonds. The van der Waals surface area contributed by atoms with Gasteiger partial charge in [0.05, 0.1) is 65.1 Å². The fourth-order valence-electron chi connectivity index (χ4n) is 8.57. The third-order valence-corrected chi connectivity index (χ3v) is 12.0. The van der Waals surface area contributed by atoms with Crippen molar-refractivity contribution in [3.63, 3.8) is 0 Å². The average Bonchev–Trinajstić information content (AvgIpc) is 3.36. The van der Waals surface area contributed by atoms with Gasteiger partial charge in [-0.2, -0.15) is 0 Å². The van der Waals surface area contributed by atoms with Crippen LogP contribution in [0, 0.1) is 0 Å². The molecule has 10 atom stereocenters. The van der Waals surface area contributed by atoms with Crippen LogP contribution in [-0.2, 0) is 77.5 Å². The lowest BCUT2D eigenvalue weighted by molar-refractivity contribution is -0.293. The van der Waals surface area contributed by atoms with E-state index in [1.165, 1.54) is 0 Å². The minimum absolute atomic E-state index is 0.166. The van der Waals surface area contributed by atoms with Crippen LogP contribution in [0.4, 0.5) is 0 Å². The molecule has 2 saturated heterocycles. The molecule has 2 N–H and O–H groups in total. The van der Waals surface area contributed by atoms with Gasteiger partial charge in [-0.15, -0.1) is 0 Å². The lowest BCUT2D eigenvalue weighted by Crippen LogP contribution is -2.64. The molecule has 0 aliphatic carbocycles. The third-order valence-electron chi connectivity index (χ3n) is 12.0. The van der Waals surface area contributed by atoms with Gasteiger partial charge in [-0.25, -0.2) is 0 Å². The number of rotatable bonds is 22. The van der Waals surface area contributed by atoms with E-state index in [0.717, 1.165) is 33.4 Å². The first kappa shape index (κ1) is 46.4. The molecule has 6 aromatic rings. The van der Waals surface area contributed by atoms with Gasteiger partial charge < -0.3 is 48.1 Å². The van der Waals surface area contributed by atoms with E-state index >= 15 is 0 Å². The Balaban J connectivity index is 1.12. The third kappa shape index (κ3) is 13.3. The molecule has 8 rings (SSSR count). The Hall–Kier alpha value is -5.08. The molecule has 10 nitrogen and oxygen atoms in total. The molecule has 10 heteroatoms. The summed E-state index contributed by atoms with van der Waals surface area (Å²) < 4.78 is 54.1. The molecular formula is C55H60O10. The molecule has 0 bridgehead atoms. The summed E-state index contributed by atoms with van der Waals surface area (Å²) in [6.07, 6.45) is -7.66. The molecule has 0 aromatic heterocycles. The Kier molecular flexibility index (Phi) is 17.5. The van der Waals surface area contributed by atoms with E-state index in [4.69, 9.17) is 37.9 Å². The molecule has 0 unspecified atom stereocenters. The molecule has 0 saturated carbocycles. The van der Waals surface area contributed by atoms with Crippen LogP contribution in [0.3, 0.4) is 0 Å². The minimum atomic E-state index is -1.18. The highest BCUT2D eigenvalue weighted by atomic mass is 16.6. The van der Waals surface area contributed by atoms with Gasteiger partial charge in [0.2, 0.25) is 0 Å². The van der Waals surface area contributed by atoms with Gasteiger partial charge in [0.25, 0.3) is 0 Å². The summed E-state index contributed by atoms with van der Waals surface area (Å²) in [6, 6.07) is 59.6. The van der Waals surface area contributed by atoms with Gasteiger partial charge in [0, 0.05) is 6.42 Å². The molecule has 2 heterocycles. The molecule has 2 aliphatic heterocycles. The zero-order valence-corrected chi connectivity index (χ0v) is 36.6. The molecule has 0 spiro atoms. The molecule has 0 radical (unpaired) electrons. The van der Waals surface area contributed by atoms with Crippen molar-refractivity contribution >= 4 is 0 Å². The minimum Gasteiger partial charge on any atom is -0.394 e. The Morgan fingerprint density at radius 2 is 0.646 bits per heavy atom. The Bertz CT molecular complexity index is 2200. The number of hydrogen-bond acceptors (Lipinski definition) is 10. The van der Waals surface area contributed by atoms with Crippen LogP contribution in [0.2, 0.25) is 0 Å². The predicted octanol–water partition coefficient (Wildman–Crippen LogP) is 8.41. The molecule has 2 aliphatic rings. The SMILES string of the molecule is OC[C@H]1O[C@H](C[C@@H]2O[C@H](COCc3ccccc3)[C@@H](OCc3ccccc3)[C@H](OCc3ccccc3)[C@H]2OCc2ccccc2)[C@@H](O)[C@@H](OCc2ccccc2)[C@@H]1OCc1ccccc1. The summed E-state index contributed by atoms with van der Waals surface area (Å²) in [4.78, 5) is 0. The molecule has 2 fully saturated rings. The second-order valence-electron chi connectivity index (χ2n) is 16.6. The average molecular weight is 881 g/mol. The topological polar surface area (TPSA) is 114 Å². The predicted molar refractivity (Wildman–Crippen MR) is 246 cm³/mol. The lowest BCUT2D eigenvalue weighted by Gasteiger charge is -2.49. The van der Waals surface area contributed by atoms with Gasteiger partial charge >= 0.3 is 0 Å². The maximum Gasteiger partial charge on any atom is 0.115 e. The summed E-state index contributed by atoms with van der Waals surface area (Å²) in [7, 11) is 0. The highest BCUT2D eigenvalue weighted by Gasteiger charge is 2.52. The molecule has 6 aromatic carbocycles. The number of ether oxygens (including phenoxy) is 8. The monoisotopic (exact) mass is 880 g/mol. The summed E-state index contributed by atoms with van der Waals surface area (Å²) in [6.45, 7) is 1.52. The Labute approximate surface area is 382 Å². The maximum absolute atomic E-state index is 12.4. The fourth-order valence-corrected chi connectivity index (χ4v) is 8.57. The smallest absolute Gasteiger partial charge is 0.115 e. The summed E-state index contributed by atoms with van der Waals surface area (Å²) in [5.41, 5.74) is 5.89. The van der Waals surface area contributed by atoms with E-state index in [2.05, 4.69) is 0 Å². The van der Waals surface area contributed by atoms with Crippen LogP contribution in [0.25, 0.3) is 0 Å². The highest BCUT2D eigenvalue weighted by Crippen LogP contribution is 2.37. The fraction of sp³-hybridized carbons (Fsp3) is 0.345. The first-order valence-electron chi connectivity index (χ1n) is 22.6. The van der Waals surface area contributed by atoms with Crippen LogP contribution in [0.5, 0.6) is 0 Å². The van der Waals surface area contributed by atoms with Crippen LogP contribution < -0.4 is 0 Å². The normalized spacial score (nSPS) is 25.6. The van der Waals surface area contributed by atoms with Crippen LogP contribution in [0.15, 0.2) is 182 Å². The van der Waals surface area contributed by atoms with Gasteiger partial charge in [0.1, 0.15) is 48.8 Å². The van der Waals surface area contributed by atoms with Crippen molar-refractivity contribution in [2.24, 2.45) is 0 Å². The van der Waals surface area contributed by atoms with Crippen molar-refractivity contribution in [1.82, 2.24) is 0 Å². The summed E-state index contributed by atoms with van der Waals surface area (Å²) in [5, 5.41) is 23.4. The van der Waals surface area contributed by atoms with Crippen molar-refractivity contribution in [3.8, 4) is 0 Å². The van der Waals surface area contributed by atoms with E-state index in [9.17, 15) is 10.2 Å². The van der Waals surface area contributed by atoms with Gasteiger partial charge in [-0.1, -0.05) is 182 Å². The van der Waals surface area contributed by atoms with E-state index in [1.54, 1.807) is 0 Å². The van der Waals surface area contributed by atoms with Crippen molar-refractivity contribution in [2.75, 3.05) is 13.2 Å². The van der Waals surface area contributed by atoms with Crippen LogP contribution >= 0.6 is 0 Å². The zero-order valence-electron chi connectivity index (χ0n) is 36.6. The van der Waals surface area contributed by atoms with E-state index in [-0.39, 0.29) is 46.1 Å². The molecule has 65 heavy (non-hydrogen) atoms. The van der Waals surface area contributed by atoms with E-state index in [0.29, 0.717) is 13.2 Å². The number of aliphatic hydroxyl groups is 2. The largest absolute Gasteiger partial charge is 0.394 e. The highest BCUT2D eigenvalue weighted by molar-refractivity contribution is 5.18. The standard InChI is InChI=1S/C55H60O10/c56-32-48-52(60-35-42-23-11-3-12-24-42)54(62-37-44-27-15-5-16-28-44)50(57)46(64-48)31-47-51(59-34-41-21-9-2-10-22-41)55(63-38-45-29-17-6-18-30-45)53(61-36-43-25-13-4-14-26-43)49(65-47)39-58-33-40-19-7-1-8-20-40/h1-30,46-57H,31-39H2/t46-,47+,48-,49-,50-,51+,52-,53-,54-,55-/m1/s1. The number of aliphatic hydroxyl groups excluding tert-OH is 2. The number of hydrogen-bond donors (Lipinski definition) is 2. The first-order valence-corrected chi connectivity index (χ1v) is 22.6. The number of benzene rings is 6. The first-order chi connectivity index (χ1) is 32.1. The Morgan fingerprint density at radius 3 is 1.03 bits per heavy atom. The van der Waals surface area contributed by atoms with Crippen LogP contribution in [-0.4, -0.2) is 84.5 Å². The second kappa shape index (κ2) is 24.4. The Morgan fingerprint density at radius 1 is 0.338 bits per heavy atom. The van der Waals surface area contributed by atoms with Crippen molar-refractivity contribution < 1.29 is 48.1 Å². The second-order valence-corrected chi connectivity index (χ2v) is 16.6. The van der Waals surface area contributed by atoms with Crippen LogP contribution in [0.1, 0.15) is 39.8 Å². The van der Waals surface area contributed by atoms with Gasteiger partial charge in [-0.05, 0) is 33.4 Å². The lowest BCUT2D eigenvalue weighted by atomic mass is 9.87. The van der Waals surface area contributed by atoms with E-state index < -0.39 is 61.0 Å². The quantitative estimate of drug-likeness (QED) is 0.0690.